The van der Waals surface area contributed by atoms with Crippen LogP contribution in [-0.2, 0) is 4.79 Å². The van der Waals surface area contributed by atoms with Crippen molar-refractivity contribution in [3.05, 3.63) is 22.2 Å². The number of rotatable bonds is 5. The number of methoxy groups -OCH3 is 1. The molecule has 1 aliphatic heterocycles. The first-order chi connectivity index (χ1) is 10.6. The van der Waals surface area contributed by atoms with Crippen molar-refractivity contribution in [3.8, 4) is 11.5 Å². The molecule has 2 rings (SSSR count). The number of ether oxygens (including phenoxy) is 2. The number of amides is 2. The van der Waals surface area contributed by atoms with E-state index in [4.69, 9.17) is 9.47 Å². The quantitative estimate of drug-likeness (QED) is 0.829. The van der Waals surface area contributed by atoms with Crippen molar-refractivity contribution in [2.75, 3.05) is 20.3 Å². The van der Waals surface area contributed by atoms with E-state index in [2.05, 4.69) is 26.6 Å². The number of nitrogens with one attached hydrogen (secondary N) is 2. The van der Waals surface area contributed by atoms with E-state index in [0.717, 1.165) is 6.42 Å². The Balaban J connectivity index is 2.19. The average molecular weight is 371 g/mol. The number of carbonyl (C=O) groups excluding carboxylic acids is 2. The maximum absolute atomic E-state index is 12.3. The van der Waals surface area contributed by atoms with Crippen molar-refractivity contribution in [2.24, 2.45) is 0 Å². The normalized spacial score (nSPS) is 17.6. The summed E-state index contributed by atoms with van der Waals surface area (Å²) < 4.78 is 11.4. The SMILES string of the molecule is CCOc1c(Br)cc(C(=O)N[C@@H]2CCCNC2=O)cc1OC. The molecule has 0 unspecified atom stereocenters. The van der Waals surface area contributed by atoms with Crippen LogP contribution in [0.4, 0.5) is 0 Å². The monoisotopic (exact) mass is 370 g/mol. The Kier molecular flexibility index (Phi) is 5.65. The van der Waals surface area contributed by atoms with Crippen LogP contribution in [0.5, 0.6) is 11.5 Å². The Morgan fingerprint density at radius 2 is 2.27 bits per heavy atom. The molecule has 120 valence electrons. The fraction of sp³-hybridized carbons (Fsp3) is 0.467. The molecule has 0 saturated carbocycles. The highest BCUT2D eigenvalue weighted by Gasteiger charge is 2.25. The van der Waals surface area contributed by atoms with E-state index in [1.165, 1.54) is 7.11 Å². The van der Waals surface area contributed by atoms with Gasteiger partial charge in [-0.2, -0.15) is 0 Å². The highest BCUT2D eigenvalue weighted by atomic mass is 79.9. The van der Waals surface area contributed by atoms with Crippen LogP contribution in [0.1, 0.15) is 30.1 Å². The predicted molar refractivity (Wildman–Crippen MR) is 85.4 cm³/mol. The molecule has 0 bridgehead atoms. The lowest BCUT2D eigenvalue weighted by Crippen LogP contribution is -2.50. The largest absolute Gasteiger partial charge is 0.493 e. The predicted octanol–water partition coefficient (Wildman–Crippen LogP) is 1.86. The van der Waals surface area contributed by atoms with Gasteiger partial charge in [-0.15, -0.1) is 0 Å². The van der Waals surface area contributed by atoms with Crippen LogP contribution >= 0.6 is 15.9 Å². The van der Waals surface area contributed by atoms with Crippen LogP contribution < -0.4 is 20.1 Å². The van der Waals surface area contributed by atoms with Gasteiger partial charge in [-0.3, -0.25) is 9.59 Å². The molecule has 0 aromatic heterocycles. The van der Waals surface area contributed by atoms with Crippen molar-refractivity contribution in [2.45, 2.75) is 25.8 Å². The van der Waals surface area contributed by atoms with Gasteiger partial charge in [0.25, 0.3) is 5.91 Å². The van der Waals surface area contributed by atoms with Gasteiger partial charge in [0.15, 0.2) is 11.5 Å². The zero-order valence-corrected chi connectivity index (χ0v) is 14.2. The number of halogens is 1. The second kappa shape index (κ2) is 7.49. The van der Waals surface area contributed by atoms with E-state index < -0.39 is 6.04 Å². The number of piperidine rings is 1. The molecule has 1 aromatic carbocycles. The van der Waals surface area contributed by atoms with Crippen LogP contribution in [0.2, 0.25) is 0 Å². The molecule has 2 N–H and O–H groups in total. The molecular weight excluding hydrogens is 352 g/mol. The van der Waals surface area contributed by atoms with Crippen molar-refractivity contribution in [3.63, 3.8) is 0 Å². The van der Waals surface area contributed by atoms with Gasteiger partial charge in [0.05, 0.1) is 18.2 Å². The van der Waals surface area contributed by atoms with E-state index in [0.29, 0.717) is 41.1 Å². The minimum atomic E-state index is -0.488. The minimum absolute atomic E-state index is 0.142. The molecule has 1 heterocycles. The Hall–Kier alpha value is -1.76. The first-order valence-electron chi connectivity index (χ1n) is 7.15. The second-order valence-electron chi connectivity index (χ2n) is 4.88. The minimum Gasteiger partial charge on any atom is -0.493 e. The van der Waals surface area contributed by atoms with E-state index in [9.17, 15) is 9.59 Å². The third kappa shape index (κ3) is 3.71. The summed E-state index contributed by atoms with van der Waals surface area (Å²) in [4.78, 5) is 24.1. The third-order valence-electron chi connectivity index (χ3n) is 3.37. The molecule has 2 amide bonds. The number of carbonyl (C=O) groups is 2. The first kappa shape index (κ1) is 16.6. The number of benzene rings is 1. The van der Waals surface area contributed by atoms with Gasteiger partial charge < -0.3 is 20.1 Å². The molecule has 0 aliphatic carbocycles. The van der Waals surface area contributed by atoms with Crippen molar-refractivity contribution >= 4 is 27.7 Å². The molecule has 6 nitrogen and oxygen atoms in total. The zero-order valence-electron chi connectivity index (χ0n) is 12.6. The summed E-state index contributed by atoms with van der Waals surface area (Å²) in [5.74, 6) is 0.562. The van der Waals surface area contributed by atoms with Gasteiger partial charge in [-0.05, 0) is 47.8 Å². The summed E-state index contributed by atoms with van der Waals surface area (Å²) in [7, 11) is 1.51. The number of hydrogen-bond acceptors (Lipinski definition) is 4. The maximum Gasteiger partial charge on any atom is 0.252 e. The smallest absolute Gasteiger partial charge is 0.252 e. The summed E-state index contributed by atoms with van der Waals surface area (Å²) in [5, 5.41) is 5.49. The Morgan fingerprint density at radius 1 is 1.50 bits per heavy atom. The zero-order chi connectivity index (χ0) is 16.1. The molecular formula is C15H19BrN2O4. The van der Waals surface area contributed by atoms with E-state index in [-0.39, 0.29) is 11.8 Å². The van der Waals surface area contributed by atoms with Crippen LogP contribution in [-0.4, -0.2) is 38.1 Å². The summed E-state index contributed by atoms with van der Waals surface area (Å²) >= 11 is 3.38. The molecule has 1 aliphatic rings. The fourth-order valence-electron chi connectivity index (χ4n) is 2.29. The van der Waals surface area contributed by atoms with E-state index >= 15 is 0 Å². The number of hydrogen-bond donors (Lipinski definition) is 2. The fourth-order valence-corrected chi connectivity index (χ4v) is 2.84. The van der Waals surface area contributed by atoms with Gasteiger partial charge in [0.2, 0.25) is 5.91 Å². The molecule has 0 radical (unpaired) electrons. The standard InChI is InChI=1S/C15H19BrN2O4/c1-3-22-13-10(16)7-9(8-12(13)21-2)14(19)18-11-5-4-6-17-15(11)20/h7-8,11H,3-6H2,1-2H3,(H,17,20)(H,18,19)/t11-/m1/s1. The Labute approximate surface area is 137 Å². The van der Waals surface area contributed by atoms with E-state index in [1.54, 1.807) is 12.1 Å². The van der Waals surface area contributed by atoms with Crippen molar-refractivity contribution in [1.82, 2.24) is 10.6 Å². The first-order valence-corrected chi connectivity index (χ1v) is 7.95. The topological polar surface area (TPSA) is 76.7 Å². The molecule has 1 atom stereocenters. The average Bonchev–Trinajstić information content (AvgIpc) is 2.51. The van der Waals surface area contributed by atoms with Gasteiger partial charge in [-0.1, -0.05) is 0 Å². The van der Waals surface area contributed by atoms with Gasteiger partial charge in [0.1, 0.15) is 6.04 Å². The van der Waals surface area contributed by atoms with Crippen molar-refractivity contribution in [1.29, 1.82) is 0 Å². The molecule has 7 heteroatoms. The van der Waals surface area contributed by atoms with Gasteiger partial charge in [0, 0.05) is 12.1 Å². The van der Waals surface area contributed by atoms with Crippen LogP contribution in [0.3, 0.4) is 0 Å². The summed E-state index contributed by atoms with van der Waals surface area (Å²) in [6.45, 7) is 3.02. The second-order valence-corrected chi connectivity index (χ2v) is 5.74. The summed E-state index contributed by atoms with van der Waals surface area (Å²) in [5.41, 5.74) is 0.408. The van der Waals surface area contributed by atoms with Crippen LogP contribution in [0.15, 0.2) is 16.6 Å². The summed E-state index contributed by atoms with van der Waals surface area (Å²) in [6.07, 6.45) is 1.50. The van der Waals surface area contributed by atoms with E-state index in [1.807, 2.05) is 6.92 Å². The lowest BCUT2D eigenvalue weighted by Gasteiger charge is -2.23. The summed E-state index contributed by atoms with van der Waals surface area (Å²) in [6, 6.07) is 2.77. The molecule has 22 heavy (non-hydrogen) atoms. The van der Waals surface area contributed by atoms with Crippen LogP contribution in [0.25, 0.3) is 0 Å². The molecule has 1 fully saturated rings. The van der Waals surface area contributed by atoms with Gasteiger partial charge in [-0.25, -0.2) is 0 Å². The molecule has 1 saturated heterocycles. The molecule has 0 spiro atoms. The van der Waals surface area contributed by atoms with Crippen molar-refractivity contribution < 1.29 is 19.1 Å². The van der Waals surface area contributed by atoms with Crippen LogP contribution in [0, 0.1) is 0 Å². The maximum atomic E-state index is 12.3. The lowest BCUT2D eigenvalue weighted by atomic mass is 10.1. The third-order valence-corrected chi connectivity index (χ3v) is 3.96. The molecule has 1 aromatic rings. The highest BCUT2D eigenvalue weighted by Crippen LogP contribution is 2.36. The Morgan fingerprint density at radius 3 is 2.91 bits per heavy atom. The highest BCUT2D eigenvalue weighted by molar-refractivity contribution is 9.10. The lowest BCUT2D eigenvalue weighted by molar-refractivity contribution is -0.124. The Bertz CT molecular complexity index is 577. The van der Waals surface area contributed by atoms with Gasteiger partial charge >= 0.3 is 0 Å².